The number of aromatic amines is 1. The van der Waals surface area contributed by atoms with Crippen molar-refractivity contribution in [2.45, 2.75) is 12.5 Å². The van der Waals surface area contributed by atoms with Crippen molar-refractivity contribution in [3.63, 3.8) is 0 Å². The van der Waals surface area contributed by atoms with E-state index in [9.17, 15) is 4.79 Å². The summed E-state index contributed by atoms with van der Waals surface area (Å²) in [6.07, 6.45) is 1.67. The highest BCUT2D eigenvalue weighted by molar-refractivity contribution is 9.10. The molecule has 0 aromatic carbocycles. The summed E-state index contributed by atoms with van der Waals surface area (Å²) >= 11 is 3.21. The summed E-state index contributed by atoms with van der Waals surface area (Å²) in [5.41, 5.74) is 5.79. The number of pyridine rings is 1. The summed E-state index contributed by atoms with van der Waals surface area (Å²) < 4.78 is 0.746. The maximum absolute atomic E-state index is 11.2. The topological polar surface area (TPSA) is 82.7 Å². The molecule has 1 atom stereocenters. The van der Waals surface area contributed by atoms with Gasteiger partial charge in [-0.15, -0.1) is 0 Å². The second-order valence-corrected chi connectivity index (χ2v) is 3.49. The molecule has 0 aliphatic rings. The van der Waals surface area contributed by atoms with Gasteiger partial charge in [-0.3, -0.25) is 4.79 Å². The van der Waals surface area contributed by atoms with Gasteiger partial charge in [-0.25, -0.2) is 0 Å². The Morgan fingerprint density at radius 2 is 2.46 bits per heavy atom. The van der Waals surface area contributed by atoms with Crippen molar-refractivity contribution < 1.29 is 0 Å². The number of rotatable bonds is 2. The quantitative estimate of drug-likeness (QED) is 0.813. The molecule has 68 valence electrons. The third-order valence-electron chi connectivity index (χ3n) is 1.61. The van der Waals surface area contributed by atoms with Crippen LogP contribution in [0.1, 0.15) is 18.0 Å². The monoisotopic (exact) mass is 241 g/mol. The zero-order valence-electron chi connectivity index (χ0n) is 6.75. The molecule has 4 nitrogen and oxygen atoms in total. The largest absolute Gasteiger partial charge is 0.328 e. The standard InChI is InChI=1S/C8H8BrN3O/c9-5-3-6(7(11)1-2-10)8(13)12-4-5/h3-4,7H,1,11H2,(H,12,13)/t7-/m0/s1. The molecule has 13 heavy (non-hydrogen) atoms. The van der Waals surface area contributed by atoms with Gasteiger partial charge in [0.15, 0.2) is 0 Å². The second kappa shape index (κ2) is 4.21. The van der Waals surface area contributed by atoms with Crippen LogP contribution < -0.4 is 11.3 Å². The Bertz CT molecular complexity index is 393. The highest BCUT2D eigenvalue weighted by atomic mass is 79.9. The lowest BCUT2D eigenvalue weighted by Crippen LogP contribution is -2.21. The predicted octanol–water partition coefficient (Wildman–Crippen LogP) is 1.05. The first-order chi connectivity index (χ1) is 6.15. The molecular weight excluding hydrogens is 234 g/mol. The fraction of sp³-hybridized carbons (Fsp3) is 0.250. The van der Waals surface area contributed by atoms with Crippen molar-refractivity contribution in [2.24, 2.45) is 5.73 Å². The molecule has 0 amide bonds. The van der Waals surface area contributed by atoms with Crippen molar-refractivity contribution in [3.8, 4) is 6.07 Å². The summed E-state index contributed by atoms with van der Waals surface area (Å²) in [5, 5.41) is 8.40. The molecule has 0 saturated heterocycles. The van der Waals surface area contributed by atoms with Crippen LogP contribution >= 0.6 is 15.9 Å². The Hall–Kier alpha value is -1.12. The number of hydrogen-bond acceptors (Lipinski definition) is 3. The number of nitrogens with two attached hydrogens (primary N) is 1. The Balaban J connectivity index is 3.07. The molecule has 5 heteroatoms. The minimum absolute atomic E-state index is 0.138. The molecule has 0 bridgehead atoms. The number of hydrogen-bond donors (Lipinski definition) is 2. The van der Waals surface area contributed by atoms with Gasteiger partial charge < -0.3 is 10.7 Å². The molecule has 0 fully saturated rings. The van der Waals surface area contributed by atoms with Crippen LogP contribution in [0.3, 0.4) is 0 Å². The number of aromatic nitrogens is 1. The molecule has 1 aromatic rings. The van der Waals surface area contributed by atoms with Gasteiger partial charge in [-0.2, -0.15) is 5.26 Å². The maximum atomic E-state index is 11.2. The minimum Gasteiger partial charge on any atom is -0.328 e. The van der Waals surface area contributed by atoms with E-state index in [0.29, 0.717) is 5.56 Å². The Kier molecular flexibility index (Phi) is 3.23. The third kappa shape index (κ3) is 2.41. The summed E-state index contributed by atoms with van der Waals surface area (Å²) in [5.74, 6) is 0. The second-order valence-electron chi connectivity index (χ2n) is 2.57. The fourth-order valence-corrected chi connectivity index (χ4v) is 1.32. The molecule has 1 rings (SSSR count). The lowest BCUT2D eigenvalue weighted by Gasteiger charge is -2.05. The first-order valence-electron chi connectivity index (χ1n) is 3.66. The fourth-order valence-electron chi connectivity index (χ4n) is 0.957. The molecular formula is C8H8BrN3O. The van der Waals surface area contributed by atoms with E-state index in [1.54, 1.807) is 6.07 Å². The summed E-state index contributed by atoms with van der Waals surface area (Å²) in [6.45, 7) is 0. The molecule has 0 radical (unpaired) electrons. The van der Waals surface area contributed by atoms with Crippen LogP contribution in [-0.4, -0.2) is 4.98 Å². The molecule has 0 unspecified atom stereocenters. The van der Waals surface area contributed by atoms with Crippen LogP contribution in [0.2, 0.25) is 0 Å². The number of nitrogens with zero attached hydrogens (tertiary/aromatic N) is 1. The van der Waals surface area contributed by atoms with Gasteiger partial charge in [-0.1, -0.05) is 0 Å². The van der Waals surface area contributed by atoms with Crippen LogP contribution in [0, 0.1) is 11.3 Å². The van der Waals surface area contributed by atoms with Gasteiger partial charge >= 0.3 is 0 Å². The molecule has 0 saturated carbocycles. The zero-order valence-corrected chi connectivity index (χ0v) is 8.34. The normalized spacial score (nSPS) is 12.1. The van der Waals surface area contributed by atoms with Crippen molar-refractivity contribution in [1.29, 1.82) is 5.26 Å². The van der Waals surface area contributed by atoms with Crippen molar-refractivity contribution in [2.75, 3.05) is 0 Å². The van der Waals surface area contributed by atoms with E-state index < -0.39 is 6.04 Å². The highest BCUT2D eigenvalue weighted by Crippen LogP contribution is 2.13. The van der Waals surface area contributed by atoms with E-state index in [2.05, 4.69) is 20.9 Å². The first kappa shape index (κ1) is 9.96. The molecule has 0 aliphatic carbocycles. The average molecular weight is 242 g/mol. The van der Waals surface area contributed by atoms with Crippen molar-refractivity contribution >= 4 is 15.9 Å². The molecule has 1 aromatic heterocycles. The average Bonchev–Trinajstić information content (AvgIpc) is 2.09. The molecule has 3 N–H and O–H groups in total. The Labute approximate surface area is 83.5 Å². The van der Waals surface area contributed by atoms with Crippen LogP contribution in [0.5, 0.6) is 0 Å². The van der Waals surface area contributed by atoms with E-state index in [0.717, 1.165) is 4.47 Å². The van der Waals surface area contributed by atoms with E-state index in [1.807, 2.05) is 6.07 Å². The van der Waals surface area contributed by atoms with Gasteiger partial charge in [0.25, 0.3) is 5.56 Å². The van der Waals surface area contributed by atoms with Gasteiger partial charge in [0.2, 0.25) is 0 Å². The highest BCUT2D eigenvalue weighted by Gasteiger charge is 2.09. The van der Waals surface area contributed by atoms with E-state index in [1.165, 1.54) is 6.20 Å². The van der Waals surface area contributed by atoms with Crippen LogP contribution in [0.4, 0.5) is 0 Å². The third-order valence-corrected chi connectivity index (χ3v) is 2.07. The van der Waals surface area contributed by atoms with Gasteiger partial charge in [0.1, 0.15) is 0 Å². The molecule has 0 spiro atoms. The number of nitriles is 1. The van der Waals surface area contributed by atoms with Crippen LogP contribution in [0.25, 0.3) is 0 Å². The lowest BCUT2D eigenvalue weighted by molar-refractivity contribution is 0.734. The number of H-pyrrole nitrogens is 1. The Morgan fingerprint density at radius 3 is 3.08 bits per heavy atom. The molecule has 0 aliphatic heterocycles. The first-order valence-corrected chi connectivity index (χ1v) is 4.45. The maximum Gasteiger partial charge on any atom is 0.252 e. The van der Waals surface area contributed by atoms with Crippen LogP contribution in [0.15, 0.2) is 21.5 Å². The Morgan fingerprint density at radius 1 is 1.77 bits per heavy atom. The summed E-state index contributed by atoms with van der Waals surface area (Å²) in [7, 11) is 0. The van der Waals surface area contributed by atoms with Crippen molar-refractivity contribution in [1.82, 2.24) is 4.98 Å². The van der Waals surface area contributed by atoms with E-state index in [-0.39, 0.29) is 12.0 Å². The van der Waals surface area contributed by atoms with Crippen molar-refractivity contribution in [3.05, 3.63) is 32.7 Å². The summed E-state index contributed by atoms with van der Waals surface area (Å²) in [4.78, 5) is 13.7. The van der Waals surface area contributed by atoms with Gasteiger partial charge in [-0.05, 0) is 22.0 Å². The van der Waals surface area contributed by atoms with Crippen LogP contribution in [-0.2, 0) is 0 Å². The number of halogens is 1. The smallest absolute Gasteiger partial charge is 0.252 e. The lowest BCUT2D eigenvalue weighted by atomic mass is 10.1. The zero-order chi connectivity index (χ0) is 9.84. The molecule has 1 heterocycles. The predicted molar refractivity (Wildman–Crippen MR) is 51.9 cm³/mol. The van der Waals surface area contributed by atoms with E-state index >= 15 is 0 Å². The minimum atomic E-state index is -0.522. The van der Waals surface area contributed by atoms with Gasteiger partial charge in [0.05, 0.1) is 12.5 Å². The summed E-state index contributed by atoms with van der Waals surface area (Å²) in [6, 6.07) is 3.02. The SMILES string of the molecule is N#CC[C@H](N)c1cc(Br)c[nH]c1=O. The van der Waals surface area contributed by atoms with E-state index in [4.69, 9.17) is 11.0 Å². The van der Waals surface area contributed by atoms with Gasteiger partial charge in [0, 0.05) is 22.3 Å². The number of nitrogens with one attached hydrogen (secondary N) is 1.